The number of hydrogen-bond acceptors (Lipinski definition) is 8. The summed E-state index contributed by atoms with van der Waals surface area (Å²) in [6.45, 7) is 0. The zero-order chi connectivity index (χ0) is 27.3. The fourth-order valence-corrected chi connectivity index (χ4v) is 5.02. The van der Waals surface area contributed by atoms with Crippen LogP contribution < -0.4 is 67.8 Å². The molecule has 0 fully saturated rings. The van der Waals surface area contributed by atoms with Crippen molar-refractivity contribution in [3.63, 3.8) is 0 Å². The number of nitrogens with zero attached hydrogens (tertiary/aromatic N) is 3. The molecule has 0 saturated carbocycles. The molecule has 39 heavy (non-hydrogen) atoms. The van der Waals surface area contributed by atoms with Gasteiger partial charge in [-0.1, -0.05) is 6.07 Å². The van der Waals surface area contributed by atoms with Gasteiger partial charge in [-0.15, -0.1) is 12.4 Å². The maximum Gasteiger partial charge on any atom is 1.00 e. The van der Waals surface area contributed by atoms with Crippen LogP contribution in [-0.2, 0) is 34.3 Å². The number of carbonyl (C=O) groups excluding carboxylic acids is 2. The number of fused-ring (bicyclic) bond motifs is 1. The zero-order valence-electron chi connectivity index (χ0n) is 20.6. The molecule has 14 nitrogen and oxygen atoms in total. The molecule has 0 unspecified atom stereocenters. The first-order valence-corrected chi connectivity index (χ1v) is 13.1. The van der Waals surface area contributed by atoms with Crippen LogP contribution in [0.3, 0.4) is 0 Å². The second-order valence-electron chi connectivity index (χ2n) is 8.02. The maximum atomic E-state index is 12.9. The van der Waals surface area contributed by atoms with Crippen molar-refractivity contribution in [1.29, 1.82) is 0 Å². The van der Waals surface area contributed by atoms with Gasteiger partial charge in [0.25, 0.3) is 32.1 Å². The summed E-state index contributed by atoms with van der Waals surface area (Å²) < 4.78 is 68.4. The van der Waals surface area contributed by atoms with Gasteiger partial charge < -0.3 is 20.9 Å². The third kappa shape index (κ3) is 7.26. The van der Waals surface area contributed by atoms with Gasteiger partial charge in [0.2, 0.25) is 0 Å². The topological polar surface area (TPSA) is 216 Å². The van der Waals surface area contributed by atoms with E-state index >= 15 is 0 Å². The van der Waals surface area contributed by atoms with Crippen LogP contribution >= 0.6 is 12.4 Å². The largest absolute Gasteiger partial charge is 1.00 e. The van der Waals surface area contributed by atoms with Crippen molar-refractivity contribution < 1.29 is 86.9 Å². The van der Waals surface area contributed by atoms with Crippen LogP contribution in [0.1, 0.15) is 21.0 Å². The van der Waals surface area contributed by atoms with Crippen LogP contribution in [0.25, 0.3) is 10.8 Å². The Bertz CT molecular complexity index is 1820. The molecule has 0 atom stereocenters. The average Bonchev–Trinajstić information content (AvgIpc) is 3.32. The molecule has 2 aromatic carbocycles. The summed E-state index contributed by atoms with van der Waals surface area (Å²) in [4.78, 5) is 23.9. The number of aromatic nitrogens is 3. The van der Waals surface area contributed by atoms with E-state index in [2.05, 4.69) is 15.7 Å². The molecule has 0 saturated heterocycles. The molecule has 0 aliphatic carbocycles. The van der Waals surface area contributed by atoms with Crippen molar-refractivity contribution in [3.05, 3.63) is 60.0 Å². The van der Waals surface area contributed by atoms with Gasteiger partial charge in [-0.05, 0) is 35.7 Å². The minimum Gasteiger partial charge on any atom is -0.397 e. The molecule has 0 spiro atoms. The molecule has 18 heteroatoms. The molecule has 0 bridgehead atoms. The smallest absolute Gasteiger partial charge is 0.397 e. The number of nitrogen functional groups attached to an aromatic ring is 1. The first-order valence-electron chi connectivity index (χ1n) is 10.2. The predicted molar refractivity (Wildman–Crippen MR) is 140 cm³/mol. The van der Waals surface area contributed by atoms with E-state index in [0.29, 0.717) is 11.8 Å². The third-order valence-corrected chi connectivity index (χ3v) is 7.06. The Kier molecular flexibility index (Phi) is 10.2. The molecule has 6 N–H and O–H groups in total. The van der Waals surface area contributed by atoms with E-state index in [-0.39, 0.29) is 97.5 Å². The summed E-state index contributed by atoms with van der Waals surface area (Å²) >= 11 is 0. The summed E-state index contributed by atoms with van der Waals surface area (Å²) in [5, 5.41) is 9.17. The van der Waals surface area contributed by atoms with Gasteiger partial charge in [-0.3, -0.25) is 23.4 Å². The van der Waals surface area contributed by atoms with E-state index in [4.69, 9.17) is 5.73 Å². The SMILES string of the molecule is Cl.Cn1cc(N)cc1C(=O)Nc1cc(C(=O)Nc2ccc3cc(S(=O)(=O)O)cc(S(=O)(=O)O)c3c2)n(C)n1.[K+]. The molecule has 2 aromatic heterocycles. The molecule has 4 rings (SSSR count). The summed E-state index contributed by atoms with van der Waals surface area (Å²) in [6.07, 6.45) is 1.56. The van der Waals surface area contributed by atoms with Gasteiger partial charge in [0.05, 0.1) is 10.6 Å². The standard InChI is InChI=1S/C21H20N6O8S2.ClH.K/c1-26-10-12(22)6-16(26)20(28)24-19-9-17(27(2)25-19)21(29)23-13-4-3-11-5-14(36(30,31)32)8-18(15(11)7-13)37(33,34)35;;/h3-10H,22H2,1-2H3,(H,23,29)(H,24,25,28)(H,30,31,32)(H,33,34,35);1H;/q;;+1. The fraction of sp³-hybridized carbons (Fsp3) is 0.0952. The zero-order valence-corrected chi connectivity index (χ0v) is 26.2. The second kappa shape index (κ2) is 12.0. The number of rotatable bonds is 6. The van der Waals surface area contributed by atoms with Gasteiger partial charge in [0.15, 0.2) is 5.82 Å². The first-order chi connectivity index (χ1) is 17.1. The Morgan fingerprint density at radius 3 is 2.10 bits per heavy atom. The monoisotopic (exact) mass is 623 g/mol. The van der Waals surface area contributed by atoms with Crippen molar-refractivity contribution in [1.82, 2.24) is 14.3 Å². The molecule has 0 aliphatic heterocycles. The van der Waals surface area contributed by atoms with E-state index in [9.17, 15) is 35.5 Å². The third-order valence-electron chi connectivity index (χ3n) is 5.34. The maximum absolute atomic E-state index is 12.9. The van der Waals surface area contributed by atoms with E-state index in [0.717, 1.165) is 6.07 Å². The van der Waals surface area contributed by atoms with Crippen LogP contribution in [0, 0.1) is 0 Å². The Labute approximate surface area is 271 Å². The molecule has 4 aromatic rings. The van der Waals surface area contributed by atoms with E-state index in [1.807, 2.05) is 0 Å². The van der Waals surface area contributed by atoms with Crippen molar-refractivity contribution in [2.24, 2.45) is 14.1 Å². The van der Waals surface area contributed by atoms with E-state index in [1.165, 1.54) is 46.6 Å². The van der Waals surface area contributed by atoms with Crippen molar-refractivity contribution >= 4 is 72.4 Å². The normalized spacial score (nSPS) is 11.4. The van der Waals surface area contributed by atoms with Gasteiger partial charge >= 0.3 is 51.4 Å². The predicted octanol–water partition coefficient (Wildman–Crippen LogP) is -1.08. The van der Waals surface area contributed by atoms with Crippen LogP contribution in [0.15, 0.2) is 58.5 Å². The fourth-order valence-electron chi connectivity index (χ4n) is 3.67. The number of amides is 2. The number of halogens is 1. The van der Waals surface area contributed by atoms with Gasteiger partial charge in [0, 0.05) is 37.4 Å². The number of anilines is 3. The second-order valence-corrected chi connectivity index (χ2v) is 10.8. The molecular formula is C21H21ClKN6O8S2+. The Morgan fingerprint density at radius 1 is 0.897 bits per heavy atom. The summed E-state index contributed by atoms with van der Waals surface area (Å²) in [5.74, 6) is -1.08. The molecule has 202 valence electrons. The van der Waals surface area contributed by atoms with Gasteiger partial charge in [-0.2, -0.15) is 21.9 Å². The van der Waals surface area contributed by atoms with Crippen molar-refractivity contribution in [2.45, 2.75) is 9.79 Å². The Balaban J connectivity index is 0.00000267. The molecule has 2 heterocycles. The molecule has 0 radical (unpaired) electrons. The minimum atomic E-state index is -4.90. The summed E-state index contributed by atoms with van der Waals surface area (Å²) in [5.41, 5.74) is 6.51. The minimum absolute atomic E-state index is 0. The van der Waals surface area contributed by atoms with Crippen LogP contribution in [-0.4, -0.2) is 52.1 Å². The number of nitrogens with one attached hydrogen (secondary N) is 2. The van der Waals surface area contributed by atoms with Crippen molar-refractivity contribution in [2.75, 3.05) is 16.4 Å². The number of benzene rings is 2. The van der Waals surface area contributed by atoms with Gasteiger partial charge in [0.1, 0.15) is 16.3 Å². The van der Waals surface area contributed by atoms with Crippen LogP contribution in [0.4, 0.5) is 17.2 Å². The number of hydrogen-bond donors (Lipinski definition) is 5. The number of aryl methyl sites for hydroxylation is 2. The van der Waals surface area contributed by atoms with E-state index in [1.54, 1.807) is 13.2 Å². The summed E-state index contributed by atoms with van der Waals surface area (Å²) in [6, 6.07) is 8.29. The molecule has 0 aliphatic rings. The Hall–Kier alpha value is -2.32. The summed E-state index contributed by atoms with van der Waals surface area (Å²) in [7, 11) is -6.55. The number of carbonyl (C=O) groups is 2. The van der Waals surface area contributed by atoms with Crippen LogP contribution in [0.5, 0.6) is 0 Å². The molecular weight excluding hydrogens is 603 g/mol. The number of nitrogens with two attached hydrogens (primary N) is 1. The van der Waals surface area contributed by atoms with Crippen LogP contribution in [0.2, 0.25) is 0 Å². The molecule has 2 amide bonds. The first kappa shape index (κ1) is 32.9. The van der Waals surface area contributed by atoms with E-state index < -0.39 is 41.8 Å². The average molecular weight is 624 g/mol. The van der Waals surface area contributed by atoms with Gasteiger partial charge in [-0.25, -0.2) is 0 Å². The quantitative estimate of drug-likeness (QED) is 0.129. The Morgan fingerprint density at radius 2 is 1.54 bits per heavy atom. The van der Waals surface area contributed by atoms with Crippen molar-refractivity contribution in [3.8, 4) is 0 Å².